The van der Waals surface area contributed by atoms with Gasteiger partial charge in [-0.05, 0) is 56.5 Å². The zero-order valence-electron chi connectivity index (χ0n) is 11.6. The molecule has 2 aliphatic rings. The van der Waals surface area contributed by atoms with Crippen LogP contribution < -0.4 is 5.32 Å². The van der Waals surface area contributed by atoms with E-state index < -0.39 is 0 Å². The van der Waals surface area contributed by atoms with Crippen molar-refractivity contribution in [3.05, 3.63) is 35.6 Å². The van der Waals surface area contributed by atoms with E-state index in [1.807, 2.05) is 0 Å². The van der Waals surface area contributed by atoms with Gasteiger partial charge in [0.25, 0.3) is 0 Å². The van der Waals surface area contributed by atoms with Crippen molar-refractivity contribution in [1.29, 1.82) is 0 Å². The predicted molar refractivity (Wildman–Crippen MR) is 75.7 cm³/mol. The quantitative estimate of drug-likeness (QED) is 0.917. The molecule has 1 aromatic rings. The molecule has 3 nitrogen and oxygen atoms in total. The highest BCUT2D eigenvalue weighted by molar-refractivity contribution is 5.83. The highest BCUT2D eigenvalue weighted by Gasteiger charge is 2.32. The highest BCUT2D eigenvalue weighted by atomic mass is 19.1. The van der Waals surface area contributed by atoms with Crippen LogP contribution >= 0.6 is 0 Å². The van der Waals surface area contributed by atoms with Crippen LogP contribution in [0.5, 0.6) is 0 Å². The molecule has 1 amide bonds. The molecule has 2 fully saturated rings. The zero-order chi connectivity index (χ0) is 13.9. The summed E-state index contributed by atoms with van der Waals surface area (Å²) in [6.45, 7) is 1.89. The molecule has 0 radical (unpaired) electrons. The average Bonchev–Trinajstić information content (AvgIpc) is 3.26. The fourth-order valence-corrected chi connectivity index (χ4v) is 2.86. The number of carbonyl (C=O) groups excluding carboxylic acids is 1. The van der Waals surface area contributed by atoms with Crippen LogP contribution in [0.3, 0.4) is 0 Å². The van der Waals surface area contributed by atoms with Crippen molar-refractivity contribution in [3.63, 3.8) is 0 Å². The molecule has 0 spiro atoms. The highest BCUT2D eigenvalue weighted by Crippen LogP contribution is 2.27. The van der Waals surface area contributed by atoms with Crippen molar-refractivity contribution in [1.82, 2.24) is 10.2 Å². The Kier molecular flexibility index (Phi) is 4.01. The van der Waals surface area contributed by atoms with Crippen LogP contribution in [-0.4, -0.2) is 29.9 Å². The number of hydrogen-bond acceptors (Lipinski definition) is 2. The van der Waals surface area contributed by atoms with Gasteiger partial charge < -0.3 is 5.32 Å². The van der Waals surface area contributed by atoms with Gasteiger partial charge in [-0.25, -0.2) is 4.39 Å². The molecule has 1 aromatic carbocycles. The van der Waals surface area contributed by atoms with Gasteiger partial charge in [-0.2, -0.15) is 0 Å². The standard InChI is InChI=1S/C16H21FN2O/c17-13-6-4-12(5-7-13)15(16(20)18-14-8-9-14)19-10-2-1-3-11-19/h4-7,14-15H,1-3,8-11H2,(H,18,20). The average molecular weight is 276 g/mol. The molecule has 1 aliphatic carbocycles. The summed E-state index contributed by atoms with van der Waals surface area (Å²) in [6.07, 6.45) is 5.67. The predicted octanol–water partition coefficient (Wildman–Crippen LogP) is 2.63. The number of nitrogens with zero attached hydrogens (tertiary/aromatic N) is 1. The Balaban J connectivity index is 1.80. The Morgan fingerprint density at radius 2 is 1.80 bits per heavy atom. The van der Waals surface area contributed by atoms with E-state index >= 15 is 0 Å². The topological polar surface area (TPSA) is 32.3 Å². The smallest absolute Gasteiger partial charge is 0.242 e. The minimum Gasteiger partial charge on any atom is -0.352 e. The lowest BCUT2D eigenvalue weighted by atomic mass is 10.0. The molecule has 1 saturated heterocycles. The Morgan fingerprint density at radius 1 is 1.15 bits per heavy atom. The van der Waals surface area contributed by atoms with Crippen LogP contribution in [0.1, 0.15) is 43.7 Å². The number of hydrogen-bond donors (Lipinski definition) is 1. The van der Waals surface area contributed by atoms with Gasteiger partial charge in [0.1, 0.15) is 11.9 Å². The van der Waals surface area contributed by atoms with Gasteiger partial charge in [0.15, 0.2) is 0 Å². The van der Waals surface area contributed by atoms with Gasteiger partial charge in [0.05, 0.1) is 0 Å². The Hall–Kier alpha value is -1.42. The Labute approximate surface area is 119 Å². The third-order valence-electron chi connectivity index (χ3n) is 4.11. The second-order valence-electron chi connectivity index (χ2n) is 5.83. The third-order valence-corrected chi connectivity index (χ3v) is 4.11. The van der Waals surface area contributed by atoms with Gasteiger partial charge in [-0.15, -0.1) is 0 Å². The molecule has 1 unspecified atom stereocenters. The second kappa shape index (κ2) is 5.92. The summed E-state index contributed by atoms with van der Waals surface area (Å²) in [5.74, 6) is -0.185. The fraction of sp³-hybridized carbons (Fsp3) is 0.562. The van der Waals surface area contributed by atoms with E-state index in [-0.39, 0.29) is 17.8 Å². The number of carbonyl (C=O) groups is 1. The van der Waals surface area contributed by atoms with E-state index in [2.05, 4.69) is 10.2 Å². The van der Waals surface area contributed by atoms with Crippen molar-refractivity contribution >= 4 is 5.91 Å². The summed E-state index contributed by atoms with van der Waals surface area (Å²) >= 11 is 0. The van der Waals surface area contributed by atoms with Gasteiger partial charge in [-0.1, -0.05) is 18.6 Å². The molecule has 0 aromatic heterocycles. The fourth-order valence-electron chi connectivity index (χ4n) is 2.86. The first-order valence-corrected chi connectivity index (χ1v) is 7.54. The number of nitrogens with one attached hydrogen (secondary N) is 1. The summed E-state index contributed by atoms with van der Waals surface area (Å²) in [6, 6.07) is 6.45. The Morgan fingerprint density at radius 3 is 2.40 bits per heavy atom. The summed E-state index contributed by atoms with van der Waals surface area (Å²) in [7, 11) is 0. The molecule has 1 aliphatic heterocycles. The SMILES string of the molecule is O=C(NC1CC1)C(c1ccc(F)cc1)N1CCCCC1. The van der Waals surface area contributed by atoms with Crippen LogP contribution in [0.4, 0.5) is 4.39 Å². The van der Waals surface area contributed by atoms with Crippen molar-refractivity contribution in [2.24, 2.45) is 0 Å². The summed E-state index contributed by atoms with van der Waals surface area (Å²) in [4.78, 5) is 14.8. The van der Waals surface area contributed by atoms with Crippen molar-refractivity contribution < 1.29 is 9.18 Å². The maximum absolute atomic E-state index is 13.1. The number of benzene rings is 1. The van der Waals surface area contributed by atoms with E-state index in [0.717, 1.165) is 44.3 Å². The lowest BCUT2D eigenvalue weighted by Crippen LogP contribution is -2.43. The second-order valence-corrected chi connectivity index (χ2v) is 5.83. The zero-order valence-corrected chi connectivity index (χ0v) is 11.6. The third kappa shape index (κ3) is 3.18. The minimum atomic E-state index is -0.267. The first-order chi connectivity index (χ1) is 9.74. The number of piperidine rings is 1. The number of halogens is 1. The van der Waals surface area contributed by atoms with E-state index in [9.17, 15) is 9.18 Å². The molecule has 1 atom stereocenters. The molecular formula is C16H21FN2O. The van der Waals surface area contributed by atoms with Crippen LogP contribution in [0, 0.1) is 5.82 Å². The van der Waals surface area contributed by atoms with E-state index in [1.165, 1.54) is 18.6 Å². The van der Waals surface area contributed by atoms with Crippen molar-refractivity contribution in [2.75, 3.05) is 13.1 Å². The van der Waals surface area contributed by atoms with Gasteiger partial charge >= 0.3 is 0 Å². The van der Waals surface area contributed by atoms with Crippen LogP contribution in [0.25, 0.3) is 0 Å². The largest absolute Gasteiger partial charge is 0.352 e. The Bertz CT molecular complexity index is 464. The number of amides is 1. The number of likely N-dealkylation sites (tertiary alicyclic amines) is 1. The van der Waals surface area contributed by atoms with Gasteiger partial charge in [-0.3, -0.25) is 9.69 Å². The monoisotopic (exact) mass is 276 g/mol. The molecular weight excluding hydrogens is 255 g/mol. The van der Waals surface area contributed by atoms with Crippen LogP contribution in [0.15, 0.2) is 24.3 Å². The maximum atomic E-state index is 13.1. The number of rotatable bonds is 4. The molecule has 1 saturated carbocycles. The summed E-state index contributed by atoms with van der Waals surface area (Å²) in [5, 5.41) is 3.09. The molecule has 0 bridgehead atoms. The molecule has 108 valence electrons. The molecule has 4 heteroatoms. The molecule has 20 heavy (non-hydrogen) atoms. The minimum absolute atomic E-state index is 0.0704. The van der Waals surface area contributed by atoms with Gasteiger partial charge in [0.2, 0.25) is 5.91 Å². The molecule has 1 heterocycles. The first kappa shape index (κ1) is 13.6. The lowest BCUT2D eigenvalue weighted by molar-refractivity contribution is -0.127. The molecule has 1 N–H and O–H groups in total. The summed E-state index contributed by atoms with van der Waals surface area (Å²) in [5.41, 5.74) is 0.895. The van der Waals surface area contributed by atoms with E-state index in [0.29, 0.717) is 6.04 Å². The van der Waals surface area contributed by atoms with Crippen LogP contribution in [-0.2, 0) is 4.79 Å². The van der Waals surface area contributed by atoms with Gasteiger partial charge in [0, 0.05) is 6.04 Å². The van der Waals surface area contributed by atoms with Crippen molar-refractivity contribution in [2.45, 2.75) is 44.2 Å². The van der Waals surface area contributed by atoms with E-state index in [4.69, 9.17) is 0 Å². The lowest BCUT2D eigenvalue weighted by Gasteiger charge is -2.34. The van der Waals surface area contributed by atoms with Crippen LogP contribution in [0.2, 0.25) is 0 Å². The van der Waals surface area contributed by atoms with Crippen molar-refractivity contribution in [3.8, 4) is 0 Å². The summed E-state index contributed by atoms with van der Waals surface area (Å²) < 4.78 is 13.1. The normalized spacial score (nSPS) is 21.4. The molecule has 3 rings (SSSR count). The maximum Gasteiger partial charge on any atom is 0.242 e. The first-order valence-electron chi connectivity index (χ1n) is 7.54. The van der Waals surface area contributed by atoms with E-state index in [1.54, 1.807) is 12.1 Å².